The van der Waals surface area contributed by atoms with Crippen LogP contribution in [0.4, 0.5) is 4.39 Å². The van der Waals surface area contributed by atoms with Crippen molar-refractivity contribution in [1.82, 2.24) is 4.90 Å². The summed E-state index contributed by atoms with van der Waals surface area (Å²) in [5.41, 5.74) is 7.44. The number of rotatable bonds is 5. The Labute approximate surface area is 210 Å². The Hall–Kier alpha value is -3.24. The third-order valence-electron chi connectivity index (χ3n) is 6.41. The number of likely N-dealkylation sites (N-methyl/N-ethyl adjacent to an activating group) is 1. The van der Waals surface area contributed by atoms with E-state index in [0.717, 1.165) is 30.4 Å². The molecule has 10 heteroatoms. The normalized spacial score (nSPS) is 19.6. The number of guanidine groups is 1. The molecule has 180 valence electrons. The maximum atomic E-state index is 13.9. The van der Waals surface area contributed by atoms with Crippen LogP contribution in [0, 0.1) is 5.82 Å². The third-order valence-corrected chi connectivity index (χ3v) is 8.26. The summed E-state index contributed by atoms with van der Waals surface area (Å²) < 4.78 is 45.2. The highest BCUT2D eigenvalue weighted by Gasteiger charge is 2.49. The molecule has 0 saturated heterocycles. The van der Waals surface area contributed by atoms with Crippen molar-refractivity contribution in [1.29, 1.82) is 0 Å². The van der Waals surface area contributed by atoms with Crippen LogP contribution >= 0.6 is 15.9 Å². The molecule has 0 radical (unpaired) electrons. The number of nitrogens with two attached hydrogens (primary N) is 1. The summed E-state index contributed by atoms with van der Waals surface area (Å²) in [5, 5.41) is 0. The zero-order valence-electron chi connectivity index (χ0n) is 18.7. The Balaban J connectivity index is 1.50. The molecule has 0 saturated carbocycles. The summed E-state index contributed by atoms with van der Waals surface area (Å²) in [5.74, 6) is -0.816. The van der Waals surface area contributed by atoms with Gasteiger partial charge in [-0.1, -0.05) is 24.3 Å². The molecule has 2 aliphatic rings. The second-order valence-electron chi connectivity index (χ2n) is 8.52. The van der Waals surface area contributed by atoms with E-state index < -0.39 is 27.4 Å². The van der Waals surface area contributed by atoms with Crippen LogP contribution in [0.1, 0.15) is 28.7 Å². The molecule has 2 N–H and O–H groups in total. The van der Waals surface area contributed by atoms with Crippen molar-refractivity contribution in [3.05, 3.63) is 93.2 Å². The van der Waals surface area contributed by atoms with Crippen LogP contribution in [-0.2, 0) is 33.3 Å². The zero-order valence-corrected chi connectivity index (χ0v) is 21.1. The van der Waals surface area contributed by atoms with Gasteiger partial charge in [0.2, 0.25) is 0 Å². The molecule has 3 aromatic carbocycles. The highest BCUT2D eigenvalue weighted by atomic mass is 79.9. The topological polar surface area (TPSA) is 102 Å². The minimum absolute atomic E-state index is 0.00922. The van der Waals surface area contributed by atoms with E-state index in [4.69, 9.17) is 9.92 Å². The van der Waals surface area contributed by atoms with E-state index in [-0.39, 0.29) is 21.1 Å². The second kappa shape index (κ2) is 8.46. The van der Waals surface area contributed by atoms with Crippen molar-refractivity contribution in [3.8, 4) is 5.75 Å². The van der Waals surface area contributed by atoms with Gasteiger partial charge < -0.3 is 9.92 Å². The van der Waals surface area contributed by atoms with Crippen molar-refractivity contribution < 1.29 is 21.8 Å². The smallest absolute Gasteiger partial charge is 0.339 e. The van der Waals surface area contributed by atoms with Crippen molar-refractivity contribution in [2.75, 3.05) is 7.05 Å². The first kappa shape index (κ1) is 23.5. The van der Waals surface area contributed by atoms with Crippen LogP contribution in [0.2, 0.25) is 0 Å². The van der Waals surface area contributed by atoms with Gasteiger partial charge in [-0.3, -0.25) is 9.69 Å². The van der Waals surface area contributed by atoms with Gasteiger partial charge in [0.15, 0.2) is 11.5 Å². The van der Waals surface area contributed by atoms with Gasteiger partial charge in [-0.15, -0.1) is 0 Å². The molecule has 0 bridgehead atoms. The number of fused-ring (bicyclic) bond motifs is 1. The molecule has 1 atom stereocenters. The third kappa shape index (κ3) is 3.90. The quantitative estimate of drug-likeness (QED) is 0.479. The first-order chi connectivity index (χ1) is 16.6. The minimum atomic E-state index is -4.04. The number of amides is 1. The molecule has 0 fully saturated rings. The summed E-state index contributed by atoms with van der Waals surface area (Å²) in [7, 11) is -2.54. The Bertz CT molecular complexity index is 1490. The van der Waals surface area contributed by atoms with E-state index >= 15 is 0 Å². The SMILES string of the molecule is CN1C(=O)C(c2ccc(OS(=O)(=O)c3ccc4c(c3)CCC4)cc2)(c2ccc(F)c(Br)c2)N=C1N. The summed E-state index contributed by atoms with van der Waals surface area (Å²) in [6, 6.07) is 15.3. The Morgan fingerprint density at radius 3 is 2.37 bits per heavy atom. The van der Waals surface area contributed by atoms with Crippen LogP contribution < -0.4 is 9.92 Å². The monoisotopic (exact) mass is 557 g/mol. The van der Waals surface area contributed by atoms with E-state index in [0.29, 0.717) is 11.1 Å². The van der Waals surface area contributed by atoms with Gasteiger partial charge in [0.25, 0.3) is 5.91 Å². The number of benzene rings is 3. The Morgan fingerprint density at radius 2 is 1.71 bits per heavy atom. The van der Waals surface area contributed by atoms with Gasteiger partial charge in [-0.05, 0) is 93.8 Å². The van der Waals surface area contributed by atoms with Crippen LogP contribution in [-0.4, -0.2) is 32.2 Å². The fraction of sp³-hybridized carbons (Fsp3) is 0.200. The van der Waals surface area contributed by atoms with Crippen molar-refractivity contribution in [3.63, 3.8) is 0 Å². The lowest BCUT2D eigenvalue weighted by Crippen LogP contribution is -2.41. The Morgan fingerprint density at radius 1 is 1.03 bits per heavy atom. The number of hydrogen-bond donors (Lipinski definition) is 1. The van der Waals surface area contributed by atoms with E-state index in [9.17, 15) is 17.6 Å². The number of carbonyl (C=O) groups excluding carboxylic acids is 1. The standard InChI is InChI=1S/C25H21BrFN3O4S/c1-30-23(31)25(29-24(30)28,18-8-12-22(27)21(26)14-18)17-6-9-19(10-7-17)34-35(32,33)20-11-5-15-3-2-4-16(15)13-20/h5-14H,2-4H2,1H3,(H2,28,29). The van der Waals surface area contributed by atoms with Gasteiger partial charge in [-0.2, -0.15) is 8.42 Å². The number of carbonyl (C=O) groups is 1. The molecule has 1 aliphatic heterocycles. The minimum Gasteiger partial charge on any atom is -0.379 e. The van der Waals surface area contributed by atoms with Crippen LogP contribution in [0.5, 0.6) is 5.75 Å². The number of halogens is 2. The predicted molar refractivity (Wildman–Crippen MR) is 132 cm³/mol. The lowest BCUT2D eigenvalue weighted by atomic mass is 9.83. The lowest BCUT2D eigenvalue weighted by Gasteiger charge is -2.26. The molecule has 1 amide bonds. The van der Waals surface area contributed by atoms with Gasteiger partial charge in [0.1, 0.15) is 16.5 Å². The Kier molecular flexibility index (Phi) is 5.68. The number of aryl methyl sites for hydroxylation is 2. The first-order valence-electron chi connectivity index (χ1n) is 10.9. The van der Waals surface area contributed by atoms with Crippen LogP contribution in [0.25, 0.3) is 0 Å². The molecule has 3 aromatic rings. The fourth-order valence-corrected chi connectivity index (χ4v) is 5.90. The van der Waals surface area contributed by atoms with E-state index in [1.165, 1.54) is 42.3 Å². The van der Waals surface area contributed by atoms with Crippen molar-refractivity contribution in [2.45, 2.75) is 29.7 Å². The molecule has 1 aliphatic carbocycles. The fourth-order valence-electron chi connectivity index (χ4n) is 4.54. The number of hydrogen-bond acceptors (Lipinski definition) is 6. The van der Waals surface area contributed by atoms with Gasteiger partial charge in [0, 0.05) is 7.05 Å². The molecule has 0 spiro atoms. The number of nitrogens with zero attached hydrogens (tertiary/aromatic N) is 2. The van der Waals surface area contributed by atoms with E-state index in [1.54, 1.807) is 24.3 Å². The first-order valence-corrected chi connectivity index (χ1v) is 13.1. The maximum absolute atomic E-state index is 13.9. The average Bonchev–Trinajstić information content (AvgIpc) is 3.39. The lowest BCUT2D eigenvalue weighted by molar-refractivity contribution is -0.129. The van der Waals surface area contributed by atoms with Gasteiger partial charge in [-0.25, -0.2) is 9.38 Å². The van der Waals surface area contributed by atoms with Gasteiger partial charge >= 0.3 is 10.1 Å². The number of aliphatic imine (C=N–C) groups is 1. The molecule has 1 heterocycles. The van der Waals surface area contributed by atoms with Crippen molar-refractivity contribution >= 4 is 37.9 Å². The summed E-state index contributed by atoms with van der Waals surface area (Å²) in [6.45, 7) is 0. The molecule has 5 rings (SSSR count). The molecule has 0 aromatic heterocycles. The van der Waals surface area contributed by atoms with Crippen LogP contribution in [0.15, 0.2) is 75.0 Å². The van der Waals surface area contributed by atoms with Gasteiger partial charge in [0.05, 0.1) is 4.47 Å². The van der Waals surface area contributed by atoms with Crippen LogP contribution in [0.3, 0.4) is 0 Å². The van der Waals surface area contributed by atoms with E-state index in [1.807, 2.05) is 6.07 Å². The molecule has 35 heavy (non-hydrogen) atoms. The molecule has 7 nitrogen and oxygen atoms in total. The summed E-state index contributed by atoms with van der Waals surface area (Å²) in [4.78, 5) is 19.1. The van der Waals surface area contributed by atoms with E-state index in [2.05, 4.69) is 20.9 Å². The summed E-state index contributed by atoms with van der Waals surface area (Å²) >= 11 is 3.16. The highest BCUT2D eigenvalue weighted by molar-refractivity contribution is 9.10. The molecular formula is C25H21BrFN3O4S. The maximum Gasteiger partial charge on any atom is 0.339 e. The zero-order chi connectivity index (χ0) is 25.0. The van der Waals surface area contributed by atoms with Crippen molar-refractivity contribution in [2.24, 2.45) is 10.7 Å². The molecular weight excluding hydrogens is 537 g/mol. The summed E-state index contributed by atoms with van der Waals surface area (Å²) in [6.07, 6.45) is 2.81. The second-order valence-corrected chi connectivity index (χ2v) is 10.9. The molecule has 1 unspecified atom stereocenters. The predicted octanol–water partition coefficient (Wildman–Crippen LogP) is 3.87. The highest BCUT2D eigenvalue weighted by Crippen LogP contribution is 2.41. The largest absolute Gasteiger partial charge is 0.379 e. The average molecular weight is 558 g/mol.